The lowest BCUT2D eigenvalue weighted by molar-refractivity contribution is 0.600. The van der Waals surface area contributed by atoms with Crippen LogP contribution in [0.3, 0.4) is 0 Å². The first-order valence-electron chi connectivity index (χ1n) is 6.42. The largest absolute Gasteiger partial charge is 0.370 e. The molecule has 0 spiro atoms. The summed E-state index contributed by atoms with van der Waals surface area (Å²) in [7, 11) is -3.79. The zero-order chi connectivity index (χ0) is 15.5. The first kappa shape index (κ1) is 15.2. The molecule has 0 amide bonds. The smallest absolute Gasteiger partial charge is 0.262 e. The maximum absolute atomic E-state index is 13.5. The summed E-state index contributed by atoms with van der Waals surface area (Å²) in [6.07, 6.45) is 1.41. The van der Waals surface area contributed by atoms with Crippen molar-refractivity contribution in [3.8, 4) is 0 Å². The van der Waals surface area contributed by atoms with E-state index in [-0.39, 0.29) is 16.1 Å². The van der Waals surface area contributed by atoms with Gasteiger partial charge in [0.1, 0.15) is 11.6 Å². The van der Waals surface area contributed by atoms with Gasteiger partial charge in [-0.15, -0.1) is 0 Å². The van der Waals surface area contributed by atoms with E-state index < -0.39 is 15.8 Å². The van der Waals surface area contributed by atoms with E-state index in [2.05, 4.69) is 15.0 Å². The lowest BCUT2D eigenvalue weighted by Gasteiger charge is -2.11. The van der Waals surface area contributed by atoms with Gasteiger partial charge in [-0.1, -0.05) is 6.07 Å². The number of rotatable bonds is 5. The summed E-state index contributed by atoms with van der Waals surface area (Å²) in [5.41, 5.74) is 0.471. The van der Waals surface area contributed by atoms with Gasteiger partial charge in [0.25, 0.3) is 10.0 Å². The summed E-state index contributed by atoms with van der Waals surface area (Å²) in [6.45, 7) is 4.04. The summed E-state index contributed by atoms with van der Waals surface area (Å²) in [5, 5.41) is 2.94. The van der Waals surface area contributed by atoms with Crippen molar-refractivity contribution in [2.75, 3.05) is 16.6 Å². The van der Waals surface area contributed by atoms with Crippen molar-refractivity contribution in [2.24, 2.45) is 0 Å². The number of halogens is 1. The molecule has 0 bridgehead atoms. The topological polar surface area (TPSA) is 71.1 Å². The van der Waals surface area contributed by atoms with Gasteiger partial charge in [-0.05, 0) is 32.0 Å². The number of pyridine rings is 1. The Kier molecular flexibility index (Phi) is 4.42. The van der Waals surface area contributed by atoms with Crippen molar-refractivity contribution in [3.05, 3.63) is 47.9 Å². The van der Waals surface area contributed by atoms with Crippen LogP contribution < -0.4 is 10.0 Å². The van der Waals surface area contributed by atoms with Crippen LogP contribution in [-0.2, 0) is 10.0 Å². The van der Waals surface area contributed by atoms with E-state index in [0.717, 1.165) is 0 Å². The van der Waals surface area contributed by atoms with Crippen molar-refractivity contribution in [1.29, 1.82) is 0 Å². The number of hydrogen-bond donors (Lipinski definition) is 2. The number of sulfonamides is 1. The predicted molar refractivity (Wildman–Crippen MR) is 80.3 cm³/mol. The fraction of sp³-hybridized carbons (Fsp3) is 0.214. The quantitative estimate of drug-likeness (QED) is 0.891. The van der Waals surface area contributed by atoms with Crippen LogP contribution in [0.15, 0.2) is 41.4 Å². The molecule has 1 aromatic heterocycles. The van der Waals surface area contributed by atoms with Gasteiger partial charge in [0, 0.05) is 24.4 Å². The molecule has 0 saturated heterocycles. The van der Waals surface area contributed by atoms with Gasteiger partial charge in [-0.25, -0.2) is 17.8 Å². The standard InChI is InChI=1S/C14H16FN3O2S/c1-3-16-14-9-11(7-8-17-14)21(19,20)18-13-6-4-5-12(15)10(13)2/h4-9,18H,3H2,1-2H3,(H,16,17). The Hall–Kier alpha value is -2.15. The molecule has 112 valence electrons. The van der Waals surface area contributed by atoms with Crippen LogP contribution in [0.2, 0.25) is 0 Å². The van der Waals surface area contributed by atoms with Crippen molar-refractivity contribution in [3.63, 3.8) is 0 Å². The molecular formula is C14H16FN3O2S. The molecule has 0 aliphatic rings. The molecule has 2 N–H and O–H groups in total. The molecular weight excluding hydrogens is 293 g/mol. The molecule has 2 rings (SSSR count). The zero-order valence-corrected chi connectivity index (χ0v) is 12.5. The molecule has 21 heavy (non-hydrogen) atoms. The lowest BCUT2D eigenvalue weighted by atomic mass is 10.2. The molecule has 0 radical (unpaired) electrons. The van der Waals surface area contributed by atoms with E-state index in [1.165, 1.54) is 43.5 Å². The predicted octanol–water partition coefficient (Wildman–Crippen LogP) is 2.76. The Labute approximate surface area is 123 Å². The maximum atomic E-state index is 13.5. The molecule has 0 atom stereocenters. The van der Waals surface area contributed by atoms with Crippen molar-refractivity contribution in [2.45, 2.75) is 18.7 Å². The minimum atomic E-state index is -3.79. The molecule has 0 aliphatic heterocycles. The Morgan fingerprint density at radius 1 is 1.29 bits per heavy atom. The van der Waals surface area contributed by atoms with E-state index >= 15 is 0 Å². The number of nitrogens with one attached hydrogen (secondary N) is 2. The van der Waals surface area contributed by atoms with Crippen molar-refractivity contribution in [1.82, 2.24) is 4.98 Å². The summed E-state index contributed by atoms with van der Waals surface area (Å²) in [4.78, 5) is 4.08. The van der Waals surface area contributed by atoms with E-state index in [1.807, 2.05) is 6.92 Å². The van der Waals surface area contributed by atoms with Gasteiger partial charge < -0.3 is 5.32 Å². The van der Waals surface area contributed by atoms with Crippen LogP contribution in [0, 0.1) is 12.7 Å². The molecule has 2 aromatic rings. The fourth-order valence-corrected chi connectivity index (χ4v) is 2.91. The Bertz CT molecular complexity index is 748. The SMILES string of the molecule is CCNc1cc(S(=O)(=O)Nc2cccc(F)c2C)ccn1. The van der Waals surface area contributed by atoms with Gasteiger partial charge >= 0.3 is 0 Å². The van der Waals surface area contributed by atoms with Crippen LogP contribution in [0.25, 0.3) is 0 Å². The molecule has 0 fully saturated rings. The molecule has 0 saturated carbocycles. The second-order valence-electron chi connectivity index (χ2n) is 4.43. The molecule has 1 aromatic carbocycles. The summed E-state index contributed by atoms with van der Waals surface area (Å²) >= 11 is 0. The molecule has 7 heteroatoms. The average molecular weight is 309 g/mol. The highest BCUT2D eigenvalue weighted by Crippen LogP contribution is 2.22. The van der Waals surface area contributed by atoms with E-state index in [1.54, 1.807) is 0 Å². The monoisotopic (exact) mass is 309 g/mol. The Morgan fingerprint density at radius 2 is 2.05 bits per heavy atom. The second-order valence-corrected chi connectivity index (χ2v) is 6.11. The van der Waals surface area contributed by atoms with Crippen LogP contribution >= 0.6 is 0 Å². The Balaban J connectivity index is 2.34. The minimum absolute atomic E-state index is 0.0668. The van der Waals surface area contributed by atoms with Crippen molar-refractivity contribution < 1.29 is 12.8 Å². The van der Waals surface area contributed by atoms with Crippen LogP contribution in [0.1, 0.15) is 12.5 Å². The van der Waals surface area contributed by atoms with Gasteiger partial charge in [0.15, 0.2) is 0 Å². The molecule has 5 nitrogen and oxygen atoms in total. The number of nitrogens with zero attached hydrogens (tertiary/aromatic N) is 1. The summed E-state index contributed by atoms with van der Waals surface area (Å²) < 4.78 is 40.5. The highest BCUT2D eigenvalue weighted by molar-refractivity contribution is 7.92. The third-order valence-corrected chi connectivity index (χ3v) is 4.27. The first-order valence-corrected chi connectivity index (χ1v) is 7.90. The number of anilines is 2. The lowest BCUT2D eigenvalue weighted by Crippen LogP contribution is -2.14. The molecule has 0 aliphatic carbocycles. The van der Waals surface area contributed by atoms with Gasteiger partial charge in [0.05, 0.1) is 10.6 Å². The molecule has 1 heterocycles. The zero-order valence-electron chi connectivity index (χ0n) is 11.7. The number of hydrogen-bond acceptors (Lipinski definition) is 4. The van der Waals surface area contributed by atoms with Crippen LogP contribution in [0.4, 0.5) is 15.9 Å². The van der Waals surface area contributed by atoms with E-state index in [0.29, 0.717) is 12.4 Å². The normalized spacial score (nSPS) is 11.2. The van der Waals surface area contributed by atoms with Gasteiger partial charge in [-0.2, -0.15) is 0 Å². The summed E-state index contributed by atoms with van der Waals surface area (Å²) in [6, 6.07) is 7.07. The number of benzene rings is 1. The van der Waals surface area contributed by atoms with Crippen LogP contribution in [-0.4, -0.2) is 19.9 Å². The van der Waals surface area contributed by atoms with Crippen LogP contribution in [0.5, 0.6) is 0 Å². The fourth-order valence-electron chi connectivity index (χ4n) is 1.78. The second kappa shape index (κ2) is 6.09. The Morgan fingerprint density at radius 3 is 2.76 bits per heavy atom. The first-order chi connectivity index (χ1) is 9.94. The van der Waals surface area contributed by atoms with Gasteiger partial charge in [0.2, 0.25) is 0 Å². The van der Waals surface area contributed by atoms with Crippen molar-refractivity contribution >= 4 is 21.5 Å². The van der Waals surface area contributed by atoms with E-state index in [4.69, 9.17) is 0 Å². The number of aromatic nitrogens is 1. The van der Waals surface area contributed by atoms with Gasteiger partial charge in [-0.3, -0.25) is 4.72 Å². The van der Waals surface area contributed by atoms with E-state index in [9.17, 15) is 12.8 Å². The third kappa shape index (κ3) is 3.49. The third-order valence-electron chi connectivity index (χ3n) is 2.91. The minimum Gasteiger partial charge on any atom is -0.370 e. The average Bonchev–Trinajstić information content (AvgIpc) is 2.44. The maximum Gasteiger partial charge on any atom is 0.262 e. The molecule has 0 unspecified atom stereocenters. The summed E-state index contributed by atoms with van der Waals surface area (Å²) in [5.74, 6) is 0.00889. The highest BCUT2D eigenvalue weighted by Gasteiger charge is 2.17. The highest BCUT2D eigenvalue weighted by atomic mass is 32.2.